The van der Waals surface area contributed by atoms with Crippen LogP contribution in [0.3, 0.4) is 0 Å². The summed E-state index contributed by atoms with van der Waals surface area (Å²) in [6.07, 6.45) is 0. The van der Waals surface area contributed by atoms with Gasteiger partial charge in [-0.3, -0.25) is 9.59 Å². The monoisotopic (exact) mass is 354 g/mol. The van der Waals surface area contributed by atoms with E-state index in [-0.39, 0.29) is 11.8 Å². The summed E-state index contributed by atoms with van der Waals surface area (Å²) in [7, 11) is 1.30. The first kappa shape index (κ1) is 19.2. The van der Waals surface area contributed by atoms with Crippen LogP contribution in [-0.4, -0.2) is 31.4 Å². The van der Waals surface area contributed by atoms with Gasteiger partial charge in [-0.2, -0.15) is 0 Å². The van der Waals surface area contributed by atoms with E-state index in [1.165, 1.54) is 13.2 Å². The number of ether oxygens (including phenoxy) is 1. The summed E-state index contributed by atoms with van der Waals surface area (Å²) >= 11 is 0. The average molecular weight is 354 g/mol. The SMILES string of the molecule is COC(=O)c1cccc(NC(=O)c2ccc(C(=O)NCC(C)C)cc2)c1. The molecular formula is C20H22N2O4. The maximum absolute atomic E-state index is 12.3. The minimum Gasteiger partial charge on any atom is -0.465 e. The van der Waals surface area contributed by atoms with Gasteiger partial charge in [0.2, 0.25) is 0 Å². The average Bonchev–Trinajstić information content (AvgIpc) is 2.65. The van der Waals surface area contributed by atoms with Crippen molar-refractivity contribution in [3.63, 3.8) is 0 Å². The van der Waals surface area contributed by atoms with Crippen molar-refractivity contribution in [2.75, 3.05) is 19.0 Å². The molecule has 0 radical (unpaired) electrons. The summed E-state index contributed by atoms with van der Waals surface area (Å²) < 4.78 is 4.66. The summed E-state index contributed by atoms with van der Waals surface area (Å²) in [6, 6.07) is 12.9. The number of amides is 2. The molecule has 136 valence electrons. The van der Waals surface area contributed by atoms with E-state index in [4.69, 9.17) is 0 Å². The van der Waals surface area contributed by atoms with Crippen LogP contribution in [0.5, 0.6) is 0 Å². The third kappa shape index (κ3) is 5.17. The molecule has 2 aromatic carbocycles. The molecule has 2 N–H and O–H groups in total. The normalized spacial score (nSPS) is 10.3. The molecule has 2 rings (SSSR count). The Hall–Kier alpha value is -3.15. The molecule has 26 heavy (non-hydrogen) atoms. The lowest BCUT2D eigenvalue weighted by Gasteiger charge is -2.09. The molecule has 0 bridgehead atoms. The van der Waals surface area contributed by atoms with Gasteiger partial charge in [0.15, 0.2) is 0 Å². The Balaban J connectivity index is 2.04. The number of carbonyl (C=O) groups is 3. The molecule has 6 heteroatoms. The van der Waals surface area contributed by atoms with Crippen LogP contribution in [-0.2, 0) is 4.74 Å². The third-order valence-corrected chi connectivity index (χ3v) is 3.62. The Labute approximate surface area is 152 Å². The van der Waals surface area contributed by atoms with Gasteiger partial charge in [0.05, 0.1) is 12.7 Å². The first-order valence-electron chi connectivity index (χ1n) is 8.28. The zero-order valence-corrected chi connectivity index (χ0v) is 15.0. The van der Waals surface area contributed by atoms with E-state index in [2.05, 4.69) is 15.4 Å². The summed E-state index contributed by atoms with van der Waals surface area (Å²) in [5.41, 5.74) is 1.74. The first-order valence-corrected chi connectivity index (χ1v) is 8.28. The molecule has 0 saturated heterocycles. The number of carbonyl (C=O) groups excluding carboxylic acids is 3. The second kappa shape index (κ2) is 8.80. The van der Waals surface area contributed by atoms with E-state index in [1.807, 2.05) is 13.8 Å². The van der Waals surface area contributed by atoms with Crippen LogP contribution >= 0.6 is 0 Å². The van der Waals surface area contributed by atoms with Crippen molar-refractivity contribution in [3.8, 4) is 0 Å². The van der Waals surface area contributed by atoms with E-state index in [0.717, 1.165) is 0 Å². The van der Waals surface area contributed by atoms with E-state index in [9.17, 15) is 14.4 Å². The van der Waals surface area contributed by atoms with Crippen LogP contribution in [0.25, 0.3) is 0 Å². The van der Waals surface area contributed by atoms with Gasteiger partial charge in [-0.25, -0.2) is 4.79 Å². The van der Waals surface area contributed by atoms with Crippen LogP contribution in [0, 0.1) is 5.92 Å². The lowest BCUT2D eigenvalue weighted by atomic mass is 10.1. The number of methoxy groups -OCH3 is 1. The van der Waals surface area contributed by atoms with Crippen molar-refractivity contribution in [1.82, 2.24) is 5.32 Å². The molecule has 0 aliphatic rings. The molecule has 2 amide bonds. The number of nitrogens with one attached hydrogen (secondary N) is 2. The highest BCUT2D eigenvalue weighted by Gasteiger charge is 2.11. The minimum atomic E-state index is -0.474. The number of hydrogen-bond donors (Lipinski definition) is 2. The maximum Gasteiger partial charge on any atom is 0.337 e. The van der Waals surface area contributed by atoms with Gasteiger partial charge in [-0.05, 0) is 48.4 Å². The highest BCUT2D eigenvalue weighted by atomic mass is 16.5. The summed E-state index contributed by atoms with van der Waals surface area (Å²) in [4.78, 5) is 35.9. The summed E-state index contributed by atoms with van der Waals surface area (Å²) in [5.74, 6) is -0.611. The number of anilines is 1. The van der Waals surface area contributed by atoms with Gasteiger partial charge in [0.1, 0.15) is 0 Å². The van der Waals surface area contributed by atoms with E-state index in [1.54, 1.807) is 42.5 Å². The van der Waals surface area contributed by atoms with Crippen LogP contribution in [0.2, 0.25) is 0 Å². The number of benzene rings is 2. The number of hydrogen-bond acceptors (Lipinski definition) is 4. The molecule has 0 fully saturated rings. The molecule has 0 atom stereocenters. The fourth-order valence-electron chi connectivity index (χ4n) is 2.22. The Bertz CT molecular complexity index is 798. The van der Waals surface area contributed by atoms with Crippen molar-refractivity contribution in [2.24, 2.45) is 5.92 Å². The third-order valence-electron chi connectivity index (χ3n) is 3.62. The van der Waals surface area contributed by atoms with E-state index >= 15 is 0 Å². The van der Waals surface area contributed by atoms with E-state index in [0.29, 0.717) is 34.8 Å². The molecule has 0 aromatic heterocycles. The van der Waals surface area contributed by atoms with E-state index < -0.39 is 5.97 Å². The predicted molar refractivity (Wildman–Crippen MR) is 99.3 cm³/mol. The first-order chi connectivity index (χ1) is 12.4. The Kier molecular flexibility index (Phi) is 6.49. The zero-order chi connectivity index (χ0) is 19.1. The molecule has 0 saturated carbocycles. The maximum atomic E-state index is 12.3. The van der Waals surface area contributed by atoms with Crippen LogP contribution in [0.15, 0.2) is 48.5 Å². The molecule has 2 aromatic rings. The lowest BCUT2D eigenvalue weighted by Crippen LogP contribution is -2.27. The molecule has 0 aliphatic carbocycles. The van der Waals surface area contributed by atoms with Crippen LogP contribution in [0.1, 0.15) is 44.9 Å². The standard InChI is InChI=1S/C20H22N2O4/c1-13(2)12-21-18(23)14-7-9-15(10-8-14)19(24)22-17-6-4-5-16(11-17)20(25)26-3/h4-11,13H,12H2,1-3H3,(H,21,23)(H,22,24). The number of esters is 1. The topological polar surface area (TPSA) is 84.5 Å². The Morgan fingerprint density at radius 3 is 2.12 bits per heavy atom. The van der Waals surface area contributed by atoms with Crippen molar-refractivity contribution < 1.29 is 19.1 Å². The largest absolute Gasteiger partial charge is 0.465 e. The molecule has 0 aliphatic heterocycles. The second-order valence-electron chi connectivity index (χ2n) is 6.21. The number of rotatable bonds is 6. The quantitative estimate of drug-likeness (QED) is 0.781. The predicted octanol–water partition coefficient (Wildman–Crippen LogP) is 3.11. The smallest absolute Gasteiger partial charge is 0.337 e. The second-order valence-corrected chi connectivity index (χ2v) is 6.21. The molecule has 0 unspecified atom stereocenters. The summed E-state index contributed by atoms with van der Waals surface area (Å²) in [6.45, 7) is 4.63. The highest BCUT2D eigenvalue weighted by Crippen LogP contribution is 2.14. The minimum absolute atomic E-state index is 0.170. The summed E-state index contributed by atoms with van der Waals surface area (Å²) in [5, 5.41) is 5.55. The molecule has 0 spiro atoms. The van der Waals surface area contributed by atoms with Gasteiger partial charge in [0.25, 0.3) is 11.8 Å². The molecular weight excluding hydrogens is 332 g/mol. The fourth-order valence-corrected chi connectivity index (χ4v) is 2.22. The highest BCUT2D eigenvalue weighted by molar-refractivity contribution is 6.05. The van der Waals surface area contributed by atoms with Crippen molar-refractivity contribution in [3.05, 3.63) is 65.2 Å². The lowest BCUT2D eigenvalue weighted by molar-refractivity contribution is 0.0600. The van der Waals surface area contributed by atoms with Gasteiger partial charge in [0, 0.05) is 23.4 Å². The Morgan fingerprint density at radius 2 is 1.54 bits per heavy atom. The Morgan fingerprint density at radius 1 is 0.923 bits per heavy atom. The van der Waals surface area contributed by atoms with Crippen molar-refractivity contribution in [2.45, 2.75) is 13.8 Å². The van der Waals surface area contributed by atoms with Crippen molar-refractivity contribution >= 4 is 23.5 Å². The van der Waals surface area contributed by atoms with Crippen LogP contribution in [0.4, 0.5) is 5.69 Å². The zero-order valence-electron chi connectivity index (χ0n) is 15.0. The van der Waals surface area contributed by atoms with Crippen molar-refractivity contribution in [1.29, 1.82) is 0 Å². The van der Waals surface area contributed by atoms with Gasteiger partial charge in [-0.1, -0.05) is 19.9 Å². The van der Waals surface area contributed by atoms with Gasteiger partial charge >= 0.3 is 5.97 Å². The van der Waals surface area contributed by atoms with Gasteiger partial charge < -0.3 is 15.4 Å². The fraction of sp³-hybridized carbons (Fsp3) is 0.250. The molecule has 0 heterocycles. The molecule has 6 nitrogen and oxygen atoms in total. The van der Waals surface area contributed by atoms with Gasteiger partial charge in [-0.15, -0.1) is 0 Å². The van der Waals surface area contributed by atoms with Crippen LogP contribution < -0.4 is 10.6 Å².